The van der Waals surface area contributed by atoms with Gasteiger partial charge in [-0.2, -0.15) is 0 Å². The van der Waals surface area contributed by atoms with Crippen LogP contribution in [0.1, 0.15) is 23.3 Å². The maximum absolute atomic E-state index is 12.2. The molecule has 0 aliphatic carbocycles. The number of hydrogen-bond donors (Lipinski definition) is 2. The van der Waals surface area contributed by atoms with Gasteiger partial charge in [-0.15, -0.1) is 0 Å². The molecule has 23 heavy (non-hydrogen) atoms. The number of anilines is 2. The summed E-state index contributed by atoms with van der Waals surface area (Å²) >= 11 is 5.80. The lowest BCUT2D eigenvalue weighted by Crippen LogP contribution is -2.24. The third-order valence-corrected chi connectivity index (χ3v) is 3.91. The van der Waals surface area contributed by atoms with E-state index >= 15 is 0 Å². The minimum Gasteiger partial charge on any atom is -0.495 e. The van der Waals surface area contributed by atoms with Gasteiger partial charge in [-0.05, 0) is 30.7 Å². The van der Waals surface area contributed by atoms with E-state index in [4.69, 9.17) is 16.3 Å². The molecule has 2 heterocycles. The molecule has 7 heteroatoms. The first kappa shape index (κ1) is 15.4. The molecule has 0 unspecified atom stereocenters. The van der Waals surface area contributed by atoms with Gasteiger partial charge in [-0.3, -0.25) is 9.59 Å². The Balaban J connectivity index is 1.85. The highest BCUT2D eigenvalue weighted by atomic mass is 35.5. The van der Waals surface area contributed by atoms with Crippen molar-refractivity contribution in [3.63, 3.8) is 0 Å². The van der Waals surface area contributed by atoms with Crippen LogP contribution in [0.2, 0.25) is 5.02 Å². The van der Waals surface area contributed by atoms with Gasteiger partial charge >= 0.3 is 0 Å². The van der Waals surface area contributed by atoms with Crippen LogP contribution in [0.15, 0.2) is 30.5 Å². The molecule has 3 rings (SSSR count). The van der Waals surface area contributed by atoms with Crippen molar-refractivity contribution < 1.29 is 14.3 Å². The van der Waals surface area contributed by atoms with Crippen molar-refractivity contribution >= 4 is 34.8 Å². The summed E-state index contributed by atoms with van der Waals surface area (Å²) in [5, 5.41) is 3.25. The van der Waals surface area contributed by atoms with Crippen molar-refractivity contribution in [2.75, 3.05) is 23.9 Å². The second-order valence-corrected chi connectivity index (χ2v) is 5.66. The molecule has 0 saturated carbocycles. The molecule has 0 atom stereocenters. The first-order valence-electron chi connectivity index (χ1n) is 7.22. The van der Waals surface area contributed by atoms with E-state index in [0.29, 0.717) is 40.8 Å². The Morgan fingerprint density at radius 1 is 1.39 bits per heavy atom. The highest BCUT2D eigenvalue weighted by molar-refractivity contribution is 6.31. The zero-order valence-corrected chi connectivity index (χ0v) is 13.3. The zero-order chi connectivity index (χ0) is 16.4. The minimum atomic E-state index is -0.305. The number of nitrogens with one attached hydrogen (secondary N) is 2. The quantitative estimate of drug-likeness (QED) is 0.903. The Morgan fingerprint density at radius 2 is 2.22 bits per heavy atom. The van der Waals surface area contributed by atoms with E-state index in [1.54, 1.807) is 42.5 Å². The summed E-state index contributed by atoms with van der Waals surface area (Å²) in [4.78, 5) is 28.6. The molecule has 2 amide bonds. The van der Waals surface area contributed by atoms with Crippen molar-refractivity contribution in [3.05, 3.63) is 41.2 Å². The second kappa shape index (κ2) is 6.34. The number of amides is 2. The summed E-state index contributed by atoms with van der Waals surface area (Å²) < 4.78 is 5.32. The summed E-state index contributed by atoms with van der Waals surface area (Å²) in [6, 6.07) is 6.75. The van der Waals surface area contributed by atoms with Crippen LogP contribution < -0.4 is 15.0 Å². The van der Waals surface area contributed by atoms with Gasteiger partial charge in [0.2, 0.25) is 5.91 Å². The fourth-order valence-corrected chi connectivity index (χ4v) is 2.74. The van der Waals surface area contributed by atoms with E-state index in [2.05, 4.69) is 10.3 Å². The normalized spacial score (nSPS) is 14.2. The third-order valence-electron chi connectivity index (χ3n) is 3.69. The van der Waals surface area contributed by atoms with E-state index in [1.165, 1.54) is 0 Å². The van der Waals surface area contributed by atoms with Crippen LogP contribution >= 0.6 is 11.6 Å². The fraction of sp³-hybridized carbons (Fsp3) is 0.250. The van der Waals surface area contributed by atoms with Crippen LogP contribution in [0.25, 0.3) is 0 Å². The predicted octanol–water partition coefficient (Wildman–Crippen LogP) is 3.06. The molecule has 1 aromatic carbocycles. The number of H-pyrrole nitrogens is 1. The van der Waals surface area contributed by atoms with Gasteiger partial charge in [0, 0.05) is 24.8 Å². The third kappa shape index (κ3) is 3.17. The lowest BCUT2D eigenvalue weighted by molar-refractivity contribution is -0.117. The number of hydrogen-bond acceptors (Lipinski definition) is 3. The molecule has 0 spiro atoms. The number of ether oxygens (including phenoxy) is 1. The maximum atomic E-state index is 12.2. The summed E-state index contributed by atoms with van der Waals surface area (Å²) in [6.07, 6.45) is 2.89. The van der Waals surface area contributed by atoms with Gasteiger partial charge < -0.3 is 19.9 Å². The lowest BCUT2D eigenvalue weighted by Gasteiger charge is -2.20. The Labute approximate surface area is 138 Å². The van der Waals surface area contributed by atoms with Crippen LogP contribution in [-0.4, -0.2) is 30.5 Å². The molecule has 1 fully saturated rings. The van der Waals surface area contributed by atoms with E-state index in [0.717, 1.165) is 6.42 Å². The molecule has 0 radical (unpaired) electrons. The van der Waals surface area contributed by atoms with E-state index in [1.807, 2.05) is 0 Å². The number of nitrogens with zero attached hydrogens (tertiary/aromatic N) is 1. The molecule has 120 valence electrons. The second-order valence-electron chi connectivity index (χ2n) is 5.22. The van der Waals surface area contributed by atoms with Crippen molar-refractivity contribution in [1.82, 2.24) is 4.98 Å². The largest absolute Gasteiger partial charge is 0.495 e. The summed E-state index contributed by atoms with van der Waals surface area (Å²) in [5.41, 5.74) is 1.61. The van der Waals surface area contributed by atoms with Crippen molar-refractivity contribution in [1.29, 1.82) is 0 Å². The molecule has 2 aromatic rings. The number of carbonyl (C=O) groups excluding carboxylic acids is 2. The SMILES string of the molecule is COc1ccc(NC(=O)c2cc(Cl)c[nH]2)cc1N1CCCC1=O. The summed E-state index contributed by atoms with van der Waals surface area (Å²) in [5.74, 6) is 0.352. The molecule has 1 saturated heterocycles. The van der Waals surface area contributed by atoms with Gasteiger partial charge in [-0.1, -0.05) is 11.6 Å². The maximum Gasteiger partial charge on any atom is 0.272 e. The number of aromatic nitrogens is 1. The van der Waals surface area contributed by atoms with E-state index < -0.39 is 0 Å². The number of methoxy groups -OCH3 is 1. The molecular formula is C16H16ClN3O3. The molecular weight excluding hydrogens is 318 g/mol. The first-order chi connectivity index (χ1) is 11.1. The number of benzene rings is 1. The average Bonchev–Trinajstić information content (AvgIpc) is 3.15. The smallest absolute Gasteiger partial charge is 0.272 e. The van der Waals surface area contributed by atoms with E-state index in [9.17, 15) is 9.59 Å². The Kier molecular flexibility index (Phi) is 4.25. The van der Waals surface area contributed by atoms with Gasteiger partial charge in [-0.25, -0.2) is 0 Å². The van der Waals surface area contributed by atoms with Crippen LogP contribution in [0.5, 0.6) is 5.75 Å². The molecule has 1 aromatic heterocycles. The number of carbonyl (C=O) groups is 2. The molecule has 6 nitrogen and oxygen atoms in total. The standard InChI is InChI=1S/C16H16ClN3O3/c1-23-14-5-4-11(8-13(14)20-6-2-3-15(20)21)19-16(22)12-7-10(17)9-18-12/h4-5,7-9,18H,2-3,6H2,1H3,(H,19,22). The topological polar surface area (TPSA) is 74.4 Å². The number of halogens is 1. The van der Waals surface area contributed by atoms with Crippen LogP contribution in [0.4, 0.5) is 11.4 Å². The highest BCUT2D eigenvalue weighted by Crippen LogP contribution is 2.34. The lowest BCUT2D eigenvalue weighted by atomic mass is 10.2. The number of aromatic amines is 1. The number of rotatable bonds is 4. The Bertz CT molecular complexity index is 757. The minimum absolute atomic E-state index is 0.0583. The molecule has 1 aliphatic heterocycles. The summed E-state index contributed by atoms with van der Waals surface area (Å²) in [7, 11) is 1.55. The highest BCUT2D eigenvalue weighted by Gasteiger charge is 2.25. The first-order valence-corrected chi connectivity index (χ1v) is 7.60. The molecule has 2 N–H and O–H groups in total. The Morgan fingerprint density at radius 3 is 2.83 bits per heavy atom. The van der Waals surface area contributed by atoms with Crippen LogP contribution in [-0.2, 0) is 4.79 Å². The monoisotopic (exact) mass is 333 g/mol. The van der Waals surface area contributed by atoms with E-state index in [-0.39, 0.29) is 11.8 Å². The average molecular weight is 334 g/mol. The zero-order valence-electron chi connectivity index (χ0n) is 12.6. The Hall–Kier alpha value is -2.47. The summed E-state index contributed by atoms with van der Waals surface area (Å²) in [6.45, 7) is 0.652. The molecule has 1 aliphatic rings. The van der Waals surface area contributed by atoms with Crippen molar-refractivity contribution in [2.45, 2.75) is 12.8 Å². The molecule has 0 bridgehead atoms. The van der Waals surface area contributed by atoms with Gasteiger partial charge in [0.1, 0.15) is 11.4 Å². The fourth-order valence-electron chi connectivity index (χ4n) is 2.58. The predicted molar refractivity (Wildman–Crippen MR) is 88.3 cm³/mol. The van der Waals surface area contributed by atoms with Crippen molar-refractivity contribution in [3.8, 4) is 5.75 Å². The van der Waals surface area contributed by atoms with Gasteiger partial charge in [0.15, 0.2) is 0 Å². The van der Waals surface area contributed by atoms with Gasteiger partial charge in [0.25, 0.3) is 5.91 Å². The van der Waals surface area contributed by atoms with Gasteiger partial charge in [0.05, 0.1) is 17.8 Å². The van der Waals surface area contributed by atoms with Crippen LogP contribution in [0.3, 0.4) is 0 Å². The van der Waals surface area contributed by atoms with Crippen LogP contribution in [0, 0.1) is 0 Å². The van der Waals surface area contributed by atoms with Crippen molar-refractivity contribution in [2.24, 2.45) is 0 Å².